The van der Waals surface area contributed by atoms with E-state index in [1.807, 2.05) is 19.9 Å². The number of aromatic nitrogens is 2. The molecule has 138 valence electrons. The first-order chi connectivity index (χ1) is 12.4. The molecule has 0 N–H and O–H groups in total. The second-order valence-electron chi connectivity index (χ2n) is 6.28. The fraction of sp³-hybridized carbons (Fsp3) is 0.368. The fourth-order valence-electron chi connectivity index (χ4n) is 2.49. The summed E-state index contributed by atoms with van der Waals surface area (Å²) in [4.78, 5) is 38.0. The van der Waals surface area contributed by atoms with Gasteiger partial charge in [-0.2, -0.15) is 9.78 Å². The van der Waals surface area contributed by atoms with Crippen LogP contribution in [-0.4, -0.2) is 46.8 Å². The van der Waals surface area contributed by atoms with Gasteiger partial charge < -0.3 is 9.64 Å². The molecule has 26 heavy (non-hydrogen) atoms. The Morgan fingerprint density at radius 2 is 1.85 bits per heavy atom. The van der Waals surface area contributed by atoms with Gasteiger partial charge in [0.2, 0.25) is 0 Å². The molecule has 0 aliphatic heterocycles. The van der Waals surface area contributed by atoms with E-state index in [4.69, 9.17) is 0 Å². The van der Waals surface area contributed by atoms with E-state index < -0.39 is 0 Å². The molecule has 7 nitrogen and oxygen atoms in total. The van der Waals surface area contributed by atoms with Crippen LogP contribution in [0.1, 0.15) is 30.8 Å². The van der Waals surface area contributed by atoms with Gasteiger partial charge in [0.15, 0.2) is 0 Å². The molecule has 0 atom stereocenters. The SMILES string of the molecule is COC(=O)CCN(CC(C)C)C(=O)c1ccc(=O)n(-c2ccccc2)n1. The first-order valence-corrected chi connectivity index (χ1v) is 8.44. The van der Waals surface area contributed by atoms with Crippen LogP contribution in [0.5, 0.6) is 0 Å². The monoisotopic (exact) mass is 357 g/mol. The van der Waals surface area contributed by atoms with Gasteiger partial charge in [-0.15, -0.1) is 0 Å². The maximum Gasteiger partial charge on any atom is 0.307 e. The van der Waals surface area contributed by atoms with Crippen molar-refractivity contribution in [2.24, 2.45) is 5.92 Å². The van der Waals surface area contributed by atoms with Crippen LogP contribution in [0, 0.1) is 5.92 Å². The molecule has 2 aromatic rings. The first-order valence-electron chi connectivity index (χ1n) is 8.44. The van der Waals surface area contributed by atoms with Gasteiger partial charge in [0.1, 0.15) is 5.69 Å². The van der Waals surface area contributed by atoms with Crippen LogP contribution < -0.4 is 5.56 Å². The molecule has 0 fully saturated rings. The summed E-state index contributed by atoms with van der Waals surface area (Å²) in [5, 5.41) is 4.21. The van der Waals surface area contributed by atoms with Crippen molar-refractivity contribution in [1.82, 2.24) is 14.7 Å². The Morgan fingerprint density at radius 3 is 2.46 bits per heavy atom. The van der Waals surface area contributed by atoms with Crippen molar-refractivity contribution in [3.05, 3.63) is 58.5 Å². The highest BCUT2D eigenvalue weighted by Crippen LogP contribution is 2.08. The lowest BCUT2D eigenvalue weighted by molar-refractivity contribution is -0.140. The topological polar surface area (TPSA) is 81.5 Å². The number of para-hydroxylation sites is 1. The van der Waals surface area contributed by atoms with E-state index in [0.29, 0.717) is 12.2 Å². The summed E-state index contributed by atoms with van der Waals surface area (Å²) in [5.74, 6) is -0.488. The number of carbonyl (C=O) groups is 2. The molecule has 0 radical (unpaired) electrons. The summed E-state index contributed by atoms with van der Waals surface area (Å²) < 4.78 is 5.84. The van der Waals surface area contributed by atoms with Crippen LogP contribution in [-0.2, 0) is 9.53 Å². The molecule has 0 bridgehead atoms. The van der Waals surface area contributed by atoms with E-state index in [-0.39, 0.29) is 42.0 Å². The Bertz CT molecular complexity index is 815. The third kappa shape index (κ3) is 5.02. The van der Waals surface area contributed by atoms with Crippen LogP contribution in [0.3, 0.4) is 0 Å². The molecule has 0 saturated heterocycles. The van der Waals surface area contributed by atoms with Gasteiger partial charge in [-0.05, 0) is 24.1 Å². The minimum atomic E-state index is -0.381. The zero-order valence-corrected chi connectivity index (χ0v) is 15.2. The predicted octanol–water partition coefficient (Wildman–Crippen LogP) is 1.89. The highest BCUT2D eigenvalue weighted by Gasteiger charge is 2.20. The summed E-state index contributed by atoms with van der Waals surface area (Å²) in [6.07, 6.45) is 0.104. The summed E-state index contributed by atoms with van der Waals surface area (Å²) >= 11 is 0. The van der Waals surface area contributed by atoms with Crippen molar-refractivity contribution in [1.29, 1.82) is 0 Å². The van der Waals surface area contributed by atoms with Gasteiger partial charge in [0, 0.05) is 19.2 Å². The van der Waals surface area contributed by atoms with Gasteiger partial charge in [-0.25, -0.2) is 0 Å². The predicted molar refractivity (Wildman–Crippen MR) is 97.2 cm³/mol. The fourth-order valence-corrected chi connectivity index (χ4v) is 2.49. The Hall–Kier alpha value is -2.96. The maximum atomic E-state index is 12.9. The largest absolute Gasteiger partial charge is 0.469 e. The lowest BCUT2D eigenvalue weighted by atomic mass is 10.2. The van der Waals surface area contributed by atoms with E-state index in [9.17, 15) is 14.4 Å². The Balaban J connectivity index is 2.30. The Kier molecular flexibility index (Phi) is 6.66. The third-order valence-corrected chi connectivity index (χ3v) is 3.71. The van der Waals surface area contributed by atoms with E-state index in [1.165, 1.54) is 23.9 Å². The number of ether oxygens (including phenoxy) is 1. The van der Waals surface area contributed by atoms with Crippen LogP contribution in [0.4, 0.5) is 0 Å². The van der Waals surface area contributed by atoms with E-state index >= 15 is 0 Å². The molecule has 0 aliphatic carbocycles. The number of carbonyl (C=O) groups excluding carboxylic acids is 2. The number of hydrogen-bond donors (Lipinski definition) is 0. The maximum absolute atomic E-state index is 12.9. The highest BCUT2D eigenvalue weighted by atomic mass is 16.5. The van der Waals surface area contributed by atoms with Crippen LogP contribution in [0.2, 0.25) is 0 Å². The quantitative estimate of drug-likeness (QED) is 0.707. The van der Waals surface area contributed by atoms with Gasteiger partial charge in [0.05, 0.1) is 19.2 Å². The molecule has 2 rings (SSSR count). The summed E-state index contributed by atoms with van der Waals surface area (Å²) in [5.41, 5.74) is 0.411. The molecule has 1 aromatic heterocycles. The zero-order valence-electron chi connectivity index (χ0n) is 15.2. The molecule has 1 amide bonds. The summed E-state index contributed by atoms with van der Waals surface area (Å²) in [7, 11) is 1.31. The van der Waals surface area contributed by atoms with Gasteiger partial charge >= 0.3 is 5.97 Å². The van der Waals surface area contributed by atoms with Gasteiger partial charge in [-0.1, -0.05) is 32.0 Å². The molecule has 7 heteroatoms. The molecule has 0 spiro atoms. The molecule has 1 aromatic carbocycles. The number of nitrogens with zero attached hydrogens (tertiary/aromatic N) is 3. The van der Waals surface area contributed by atoms with Gasteiger partial charge in [-0.3, -0.25) is 14.4 Å². The smallest absolute Gasteiger partial charge is 0.307 e. The molecule has 0 unspecified atom stereocenters. The summed E-state index contributed by atoms with van der Waals surface area (Å²) in [6.45, 7) is 4.67. The normalized spacial score (nSPS) is 10.6. The van der Waals surface area contributed by atoms with Crippen molar-refractivity contribution in [2.75, 3.05) is 20.2 Å². The Labute approximate surface area is 152 Å². The van der Waals surface area contributed by atoms with Crippen LogP contribution >= 0.6 is 0 Å². The molecule has 1 heterocycles. The average Bonchev–Trinajstić information content (AvgIpc) is 2.65. The minimum absolute atomic E-state index is 0.104. The first kappa shape index (κ1) is 19.4. The standard InChI is InChI=1S/C19H23N3O4/c1-14(2)13-21(12-11-18(24)26-3)19(25)16-9-10-17(23)22(20-16)15-7-5-4-6-8-15/h4-10,14H,11-13H2,1-3H3. The molecular formula is C19H23N3O4. The molecular weight excluding hydrogens is 334 g/mol. The number of esters is 1. The molecule has 0 aliphatic rings. The summed E-state index contributed by atoms with van der Waals surface area (Å²) in [6, 6.07) is 11.6. The third-order valence-electron chi connectivity index (χ3n) is 3.71. The van der Waals surface area contributed by atoms with Crippen molar-refractivity contribution in [3.63, 3.8) is 0 Å². The number of methoxy groups -OCH3 is 1. The van der Waals surface area contributed by atoms with Crippen molar-refractivity contribution >= 4 is 11.9 Å². The lowest BCUT2D eigenvalue weighted by Crippen LogP contribution is -2.37. The average molecular weight is 357 g/mol. The van der Waals surface area contributed by atoms with Crippen molar-refractivity contribution < 1.29 is 14.3 Å². The number of amides is 1. The molecule has 0 saturated carbocycles. The van der Waals surface area contributed by atoms with Crippen molar-refractivity contribution in [2.45, 2.75) is 20.3 Å². The van der Waals surface area contributed by atoms with Crippen LogP contribution in [0.25, 0.3) is 5.69 Å². The number of hydrogen-bond acceptors (Lipinski definition) is 5. The number of rotatable bonds is 7. The van der Waals surface area contributed by atoms with E-state index in [2.05, 4.69) is 9.84 Å². The second-order valence-corrected chi connectivity index (χ2v) is 6.28. The number of benzene rings is 1. The highest BCUT2D eigenvalue weighted by molar-refractivity contribution is 5.92. The lowest BCUT2D eigenvalue weighted by Gasteiger charge is -2.24. The van der Waals surface area contributed by atoms with Gasteiger partial charge in [0.25, 0.3) is 11.5 Å². The second kappa shape index (κ2) is 8.94. The van der Waals surface area contributed by atoms with E-state index in [0.717, 1.165) is 0 Å². The zero-order chi connectivity index (χ0) is 19.1. The minimum Gasteiger partial charge on any atom is -0.469 e. The van der Waals surface area contributed by atoms with Crippen molar-refractivity contribution in [3.8, 4) is 5.69 Å². The van der Waals surface area contributed by atoms with E-state index in [1.54, 1.807) is 29.2 Å². The van der Waals surface area contributed by atoms with Crippen LogP contribution in [0.15, 0.2) is 47.3 Å². The Morgan fingerprint density at radius 1 is 1.15 bits per heavy atom.